The quantitative estimate of drug-likeness (QED) is 0.474. The highest BCUT2D eigenvalue weighted by atomic mass is 35.5. The van der Waals surface area contributed by atoms with Gasteiger partial charge in [0.1, 0.15) is 12.7 Å². The van der Waals surface area contributed by atoms with E-state index >= 15 is 0 Å². The molecule has 1 aliphatic heterocycles. The van der Waals surface area contributed by atoms with Gasteiger partial charge in [0.2, 0.25) is 0 Å². The Morgan fingerprint density at radius 3 is 2.66 bits per heavy atom. The second-order valence-electron chi connectivity index (χ2n) is 7.98. The number of nitrogens with zero attached hydrogens (tertiary/aromatic N) is 2. The molecular formula is C24H24ClN3O6S. The average molecular weight is 518 g/mol. The summed E-state index contributed by atoms with van der Waals surface area (Å²) in [6.07, 6.45) is 0.629. The van der Waals surface area contributed by atoms with Gasteiger partial charge in [-0.3, -0.25) is 19.1 Å². The third kappa shape index (κ3) is 5.34. The van der Waals surface area contributed by atoms with Crippen LogP contribution in [-0.4, -0.2) is 54.1 Å². The van der Waals surface area contributed by atoms with E-state index in [4.69, 9.17) is 26.2 Å². The number of rotatable bonds is 8. The van der Waals surface area contributed by atoms with E-state index in [0.29, 0.717) is 20.6 Å². The maximum atomic E-state index is 12.9. The van der Waals surface area contributed by atoms with Gasteiger partial charge in [-0.15, -0.1) is 11.3 Å². The van der Waals surface area contributed by atoms with Crippen molar-refractivity contribution < 1.29 is 24.2 Å². The summed E-state index contributed by atoms with van der Waals surface area (Å²) in [7, 11) is 0. The monoisotopic (exact) mass is 517 g/mol. The first-order valence-electron chi connectivity index (χ1n) is 10.9. The van der Waals surface area contributed by atoms with Gasteiger partial charge in [0.05, 0.1) is 34.6 Å². The predicted molar refractivity (Wildman–Crippen MR) is 133 cm³/mol. The van der Waals surface area contributed by atoms with Gasteiger partial charge < -0.3 is 19.9 Å². The predicted octanol–water partition coefficient (Wildman–Crippen LogP) is 3.30. The number of pyridine rings is 1. The summed E-state index contributed by atoms with van der Waals surface area (Å²) in [5.74, 6) is -0.134. The molecule has 3 aromatic rings. The molecule has 1 fully saturated rings. The molecule has 184 valence electrons. The number of hydrogen-bond acceptors (Lipinski definition) is 7. The lowest BCUT2D eigenvalue weighted by molar-refractivity contribution is 0.0920. The van der Waals surface area contributed by atoms with Gasteiger partial charge >= 0.3 is 6.09 Å². The first-order chi connectivity index (χ1) is 16.8. The van der Waals surface area contributed by atoms with Gasteiger partial charge in [0.15, 0.2) is 5.75 Å². The molecule has 0 bridgehead atoms. The number of cyclic esters (lactones) is 1. The summed E-state index contributed by atoms with van der Waals surface area (Å²) in [4.78, 5) is 39.7. The Labute approximate surface area is 210 Å². The lowest BCUT2D eigenvalue weighted by atomic mass is 10.1. The topological polar surface area (TPSA) is 110 Å². The van der Waals surface area contributed by atoms with E-state index in [9.17, 15) is 14.4 Å². The fourth-order valence-corrected chi connectivity index (χ4v) is 4.91. The number of aliphatic hydroxyl groups excluding tert-OH is 1. The van der Waals surface area contributed by atoms with Gasteiger partial charge in [-0.1, -0.05) is 11.6 Å². The van der Waals surface area contributed by atoms with E-state index in [-0.39, 0.29) is 43.5 Å². The van der Waals surface area contributed by atoms with Gasteiger partial charge in [-0.05, 0) is 61.4 Å². The third-order valence-electron chi connectivity index (χ3n) is 5.45. The standard InChI is InChI=1S/C24H24ClN3O6S/c1-14-10-16(11-15(2)21(14)27-7-3-4-18(23(27)31)33-9-8-29)28-13-17(34-24(28)32)12-26-22(30)19-5-6-20(25)35-19/h3-7,10-11,17,29H,8-9,12-13H2,1-2H3,(H,26,30)/t17-/m0/s1. The fraction of sp³-hybridized carbons (Fsp3) is 0.292. The minimum atomic E-state index is -0.509. The zero-order valence-electron chi connectivity index (χ0n) is 19.1. The Morgan fingerprint density at radius 2 is 2.00 bits per heavy atom. The Morgan fingerprint density at radius 1 is 1.26 bits per heavy atom. The zero-order chi connectivity index (χ0) is 25.1. The molecule has 0 spiro atoms. The Kier molecular flexibility index (Phi) is 7.44. The van der Waals surface area contributed by atoms with Crippen LogP contribution in [-0.2, 0) is 4.74 Å². The highest BCUT2D eigenvalue weighted by Gasteiger charge is 2.33. The Hall–Kier alpha value is -3.34. The molecular weight excluding hydrogens is 494 g/mol. The van der Waals surface area contributed by atoms with E-state index in [1.54, 1.807) is 30.5 Å². The van der Waals surface area contributed by atoms with Crippen molar-refractivity contribution in [1.82, 2.24) is 9.88 Å². The molecule has 1 aliphatic rings. The first kappa shape index (κ1) is 24.8. The number of carbonyl (C=O) groups excluding carboxylic acids is 2. The third-order valence-corrected chi connectivity index (χ3v) is 6.68. The number of thiophene rings is 1. The summed E-state index contributed by atoms with van der Waals surface area (Å²) in [5.41, 5.74) is 2.52. The van der Waals surface area contributed by atoms with Crippen LogP contribution in [0, 0.1) is 13.8 Å². The van der Waals surface area contributed by atoms with Gasteiger partial charge in [0.25, 0.3) is 11.5 Å². The number of halogens is 1. The minimum Gasteiger partial charge on any atom is -0.485 e. The van der Waals surface area contributed by atoms with Crippen molar-refractivity contribution in [3.05, 3.63) is 73.3 Å². The van der Waals surface area contributed by atoms with E-state index in [2.05, 4.69) is 5.32 Å². The number of aliphatic hydroxyl groups is 1. The summed E-state index contributed by atoms with van der Waals surface area (Å²) in [5, 5.41) is 11.7. The largest absolute Gasteiger partial charge is 0.485 e. The number of carbonyl (C=O) groups is 2. The van der Waals surface area contributed by atoms with Crippen molar-refractivity contribution in [3.8, 4) is 11.4 Å². The van der Waals surface area contributed by atoms with Crippen molar-refractivity contribution in [1.29, 1.82) is 0 Å². The van der Waals surface area contributed by atoms with E-state index in [1.165, 1.54) is 20.8 Å². The molecule has 2 aromatic heterocycles. The first-order valence-corrected chi connectivity index (χ1v) is 12.1. The van der Waals surface area contributed by atoms with Crippen LogP contribution in [0.5, 0.6) is 5.75 Å². The molecule has 0 radical (unpaired) electrons. The van der Waals surface area contributed by atoms with Crippen LogP contribution in [0.2, 0.25) is 4.34 Å². The van der Waals surface area contributed by atoms with Crippen LogP contribution >= 0.6 is 22.9 Å². The van der Waals surface area contributed by atoms with Crippen molar-refractivity contribution >= 4 is 40.6 Å². The summed E-state index contributed by atoms with van der Waals surface area (Å²) in [6, 6.07) is 10.2. The lowest BCUT2D eigenvalue weighted by Gasteiger charge is -2.19. The number of ether oxygens (including phenoxy) is 2. The number of hydrogen-bond donors (Lipinski definition) is 2. The van der Waals surface area contributed by atoms with Crippen molar-refractivity contribution in [2.24, 2.45) is 0 Å². The SMILES string of the molecule is Cc1cc(N2C[C@H](CNC(=O)c3ccc(Cl)s3)OC2=O)cc(C)c1-n1cccc(OCCO)c1=O. The number of nitrogens with one attached hydrogen (secondary N) is 1. The van der Waals surface area contributed by atoms with E-state index < -0.39 is 12.2 Å². The summed E-state index contributed by atoms with van der Waals surface area (Å²) >= 11 is 7.05. The molecule has 1 atom stereocenters. The lowest BCUT2D eigenvalue weighted by Crippen LogP contribution is -2.34. The molecule has 9 nitrogen and oxygen atoms in total. The number of benzene rings is 1. The highest BCUT2D eigenvalue weighted by molar-refractivity contribution is 7.18. The van der Waals surface area contributed by atoms with Crippen LogP contribution in [0.15, 0.2) is 47.4 Å². The molecule has 0 unspecified atom stereocenters. The van der Waals surface area contributed by atoms with Crippen LogP contribution in [0.4, 0.5) is 10.5 Å². The van der Waals surface area contributed by atoms with Gasteiger partial charge in [-0.25, -0.2) is 4.79 Å². The molecule has 1 saturated heterocycles. The number of aromatic nitrogens is 1. The Bertz CT molecular complexity index is 1300. The van der Waals surface area contributed by atoms with Crippen molar-refractivity contribution in [3.63, 3.8) is 0 Å². The average Bonchev–Trinajstić information content (AvgIpc) is 3.42. The maximum absolute atomic E-state index is 12.9. The normalized spacial score (nSPS) is 15.3. The van der Waals surface area contributed by atoms with Crippen LogP contribution in [0.1, 0.15) is 20.8 Å². The molecule has 35 heavy (non-hydrogen) atoms. The van der Waals surface area contributed by atoms with Crippen LogP contribution < -0.4 is 20.5 Å². The van der Waals surface area contributed by atoms with Gasteiger partial charge in [0, 0.05) is 11.9 Å². The molecule has 0 saturated carbocycles. The molecule has 4 rings (SSSR count). The van der Waals surface area contributed by atoms with E-state index in [0.717, 1.165) is 11.1 Å². The van der Waals surface area contributed by atoms with Crippen molar-refractivity contribution in [2.75, 3.05) is 31.2 Å². The van der Waals surface area contributed by atoms with Gasteiger partial charge in [-0.2, -0.15) is 0 Å². The fourth-order valence-electron chi connectivity index (χ4n) is 3.95. The summed E-state index contributed by atoms with van der Waals surface area (Å²) < 4.78 is 12.8. The molecule has 11 heteroatoms. The summed E-state index contributed by atoms with van der Waals surface area (Å²) in [6.45, 7) is 3.97. The molecule has 1 aromatic carbocycles. The molecule has 3 heterocycles. The molecule has 0 aliphatic carbocycles. The minimum absolute atomic E-state index is 0.0237. The van der Waals surface area contributed by atoms with Crippen LogP contribution in [0.3, 0.4) is 0 Å². The number of amides is 2. The van der Waals surface area contributed by atoms with E-state index in [1.807, 2.05) is 26.0 Å². The Balaban J connectivity index is 1.50. The zero-order valence-corrected chi connectivity index (χ0v) is 20.7. The van der Waals surface area contributed by atoms with Crippen molar-refractivity contribution in [2.45, 2.75) is 20.0 Å². The number of anilines is 1. The number of aryl methyl sites for hydroxylation is 2. The maximum Gasteiger partial charge on any atom is 0.414 e. The molecule has 2 N–H and O–H groups in total. The molecule has 2 amide bonds. The highest BCUT2D eigenvalue weighted by Crippen LogP contribution is 2.29. The smallest absolute Gasteiger partial charge is 0.414 e. The second-order valence-corrected chi connectivity index (χ2v) is 9.69. The van der Waals surface area contributed by atoms with Crippen LogP contribution in [0.25, 0.3) is 5.69 Å². The second kappa shape index (κ2) is 10.5.